The van der Waals surface area contributed by atoms with Crippen molar-refractivity contribution in [3.05, 3.63) is 58.6 Å². The summed E-state index contributed by atoms with van der Waals surface area (Å²) in [5.74, 6) is 0.426. The minimum Gasteiger partial charge on any atom is -0.481 e. The van der Waals surface area contributed by atoms with Crippen molar-refractivity contribution in [2.24, 2.45) is 11.8 Å². The summed E-state index contributed by atoms with van der Waals surface area (Å²) >= 11 is 6.56. The van der Waals surface area contributed by atoms with Crippen LogP contribution in [0.1, 0.15) is 80.9 Å². The molecule has 220 valence electrons. The van der Waals surface area contributed by atoms with E-state index in [1.807, 2.05) is 6.07 Å². The number of halogens is 1. The first kappa shape index (κ1) is 28.7. The van der Waals surface area contributed by atoms with E-state index in [-0.39, 0.29) is 5.92 Å². The second-order valence-electron chi connectivity index (χ2n) is 12.7. The molecule has 2 aromatic carbocycles. The zero-order valence-corrected chi connectivity index (χ0v) is 24.9. The normalized spacial score (nSPS) is 21.6. The van der Waals surface area contributed by atoms with Gasteiger partial charge < -0.3 is 14.9 Å². The molecule has 41 heavy (non-hydrogen) atoms. The lowest BCUT2D eigenvalue weighted by molar-refractivity contribution is -0.143. The summed E-state index contributed by atoms with van der Waals surface area (Å²) in [6.07, 6.45) is 9.21. The summed E-state index contributed by atoms with van der Waals surface area (Å²) in [7, 11) is 0. The van der Waals surface area contributed by atoms with Crippen LogP contribution < -0.4 is 0 Å². The highest BCUT2D eigenvalue weighted by Crippen LogP contribution is 2.40. The molecule has 0 aromatic heterocycles. The average Bonchev–Trinajstić information content (AvgIpc) is 3.92. The van der Waals surface area contributed by atoms with Crippen LogP contribution in [0.3, 0.4) is 0 Å². The maximum absolute atomic E-state index is 12.4. The van der Waals surface area contributed by atoms with Crippen molar-refractivity contribution in [3.63, 3.8) is 0 Å². The number of carboxylic acids is 1. The second-order valence-corrected chi connectivity index (χ2v) is 13.2. The molecule has 6 nitrogen and oxygen atoms in total. The number of unbranched alkanes of at least 4 members (excludes halogenated alkanes) is 1. The molecule has 3 heterocycles. The Bertz CT molecular complexity index is 1210. The number of carboxylic acid groups (broad SMARTS) is 1. The molecule has 6 rings (SSSR count). The van der Waals surface area contributed by atoms with E-state index in [1.54, 1.807) is 0 Å². The van der Waals surface area contributed by atoms with E-state index in [0.717, 1.165) is 109 Å². The molecule has 0 spiro atoms. The van der Waals surface area contributed by atoms with Gasteiger partial charge in [0, 0.05) is 43.2 Å². The number of likely N-dealkylation sites (tertiary alicyclic amines) is 2. The minimum absolute atomic E-state index is 0.163. The molecule has 0 bridgehead atoms. The Hall–Kier alpha value is -2.41. The Morgan fingerprint density at radius 3 is 2.17 bits per heavy atom. The number of hydrogen-bond acceptors (Lipinski definition) is 4. The quantitative estimate of drug-likeness (QED) is 0.246. The average molecular weight is 578 g/mol. The zero-order chi connectivity index (χ0) is 28.3. The van der Waals surface area contributed by atoms with Crippen molar-refractivity contribution in [2.75, 3.05) is 45.8 Å². The Kier molecular flexibility index (Phi) is 8.99. The van der Waals surface area contributed by atoms with Gasteiger partial charge in [0.1, 0.15) is 0 Å². The fraction of sp³-hybridized carbons (Fsp3) is 0.588. The molecule has 1 atom stereocenters. The number of hydrogen-bond donors (Lipinski definition) is 1. The standard InChI is InChI=1S/C34H44ClN3O3/c35-29-10-11-30(26-6-4-24(5-7-26)25-14-19-38(20-15-25)33(39)27-8-9-27)31(23-29)32(37-21-22-37)3-1-2-16-36-17-12-28(13-18-36)34(40)41/h4-7,10-11,23,25,27-28,32H,1-3,8-9,12-22H2,(H,40,41). The topological polar surface area (TPSA) is 63.9 Å². The molecule has 1 amide bonds. The minimum atomic E-state index is -0.639. The lowest BCUT2D eigenvalue weighted by atomic mass is 9.87. The van der Waals surface area contributed by atoms with E-state index in [4.69, 9.17) is 11.6 Å². The Morgan fingerprint density at radius 1 is 0.829 bits per heavy atom. The molecule has 1 unspecified atom stereocenters. The van der Waals surface area contributed by atoms with Crippen LogP contribution in [0.15, 0.2) is 42.5 Å². The van der Waals surface area contributed by atoms with Crippen molar-refractivity contribution in [1.82, 2.24) is 14.7 Å². The number of amides is 1. The van der Waals surface area contributed by atoms with Gasteiger partial charge in [-0.15, -0.1) is 0 Å². The van der Waals surface area contributed by atoms with Gasteiger partial charge in [-0.3, -0.25) is 14.5 Å². The SMILES string of the molecule is O=C(O)C1CCN(CCCCC(c2cc(Cl)ccc2-c2ccc(C3CCN(C(=O)C4CC4)CC3)cc2)N2CC2)CC1. The monoisotopic (exact) mass is 577 g/mol. The first-order valence-electron chi connectivity index (χ1n) is 15.8. The fourth-order valence-corrected chi connectivity index (χ4v) is 7.19. The Labute approximate surface area is 249 Å². The van der Waals surface area contributed by atoms with Crippen LogP contribution >= 0.6 is 11.6 Å². The lowest BCUT2D eigenvalue weighted by Crippen LogP contribution is -2.38. The first-order valence-corrected chi connectivity index (χ1v) is 16.2. The zero-order valence-electron chi connectivity index (χ0n) is 24.1. The number of carbonyl (C=O) groups excluding carboxylic acids is 1. The predicted molar refractivity (Wildman–Crippen MR) is 163 cm³/mol. The number of benzene rings is 2. The van der Waals surface area contributed by atoms with Gasteiger partial charge in [-0.25, -0.2) is 0 Å². The summed E-state index contributed by atoms with van der Waals surface area (Å²) in [6, 6.07) is 15.9. The molecular formula is C34H44ClN3O3. The number of aliphatic carboxylic acids is 1. The molecule has 2 aromatic rings. The van der Waals surface area contributed by atoms with Crippen LogP contribution in [-0.2, 0) is 9.59 Å². The molecule has 4 fully saturated rings. The fourth-order valence-electron chi connectivity index (χ4n) is 7.01. The van der Waals surface area contributed by atoms with E-state index < -0.39 is 5.97 Å². The molecule has 0 radical (unpaired) electrons. The van der Waals surface area contributed by atoms with Gasteiger partial charge in [-0.1, -0.05) is 48.4 Å². The van der Waals surface area contributed by atoms with Gasteiger partial charge in [0.05, 0.1) is 5.92 Å². The molecule has 1 saturated carbocycles. The van der Waals surface area contributed by atoms with Crippen LogP contribution in [0, 0.1) is 11.8 Å². The number of piperidine rings is 2. The maximum Gasteiger partial charge on any atom is 0.306 e. The highest BCUT2D eigenvalue weighted by atomic mass is 35.5. The van der Waals surface area contributed by atoms with Crippen LogP contribution in [-0.4, -0.2) is 77.5 Å². The summed E-state index contributed by atoms with van der Waals surface area (Å²) in [4.78, 5) is 30.8. The molecular weight excluding hydrogens is 534 g/mol. The number of rotatable bonds is 11. The summed E-state index contributed by atoms with van der Waals surface area (Å²) in [5, 5.41) is 10.1. The van der Waals surface area contributed by atoms with E-state index >= 15 is 0 Å². The van der Waals surface area contributed by atoms with E-state index in [2.05, 4.69) is 51.1 Å². The Morgan fingerprint density at radius 2 is 1.54 bits per heavy atom. The van der Waals surface area contributed by atoms with Gasteiger partial charge >= 0.3 is 5.97 Å². The third-order valence-corrected chi connectivity index (χ3v) is 10.1. The maximum atomic E-state index is 12.4. The van der Waals surface area contributed by atoms with Gasteiger partial charge in [0.25, 0.3) is 0 Å². The van der Waals surface area contributed by atoms with Crippen LogP contribution in [0.25, 0.3) is 11.1 Å². The van der Waals surface area contributed by atoms with Gasteiger partial charge in [0.2, 0.25) is 5.91 Å². The molecule has 1 N–H and O–H groups in total. The van der Waals surface area contributed by atoms with E-state index in [9.17, 15) is 14.7 Å². The van der Waals surface area contributed by atoms with Crippen molar-refractivity contribution < 1.29 is 14.7 Å². The lowest BCUT2D eigenvalue weighted by Gasteiger charge is -2.32. The van der Waals surface area contributed by atoms with Gasteiger partial charge in [-0.05, 0) is 111 Å². The van der Waals surface area contributed by atoms with Crippen molar-refractivity contribution in [1.29, 1.82) is 0 Å². The summed E-state index contributed by atoms with van der Waals surface area (Å²) < 4.78 is 0. The number of carbonyl (C=O) groups is 2. The van der Waals surface area contributed by atoms with E-state index in [1.165, 1.54) is 22.3 Å². The summed E-state index contributed by atoms with van der Waals surface area (Å²) in [6.45, 7) is 6.91. The molecule has 7 heteroatoms. The smallest absolute Gasteiger partial charge is 0.306 e. The third-order valence-electron chi connectivity index (χ3n) is 9.86. The van der Waals surface area contributed by atoms with Crippen molar-refractivity contribution in [3.8, 4) is 11.1 Å². The van der Waals surface area contributed by atoms with Gasteiger partial charge in [0.15, 0.2) is 0 Å². The predicted octanol–water partition coefficient (Wildman–Crippen LogP) is 6.45. The van der Waals surface area contributed by atoms with Gasteiger partial charge in [-0.2, -0.15) is 0 Å². The van der Waals surface area contributed by atoms with Crippen LogP contribution in [0.2, 0.25) is 5.02 Å². The van der Waals surface area contributed by atoms with Crippen LogP contribution in [0.4, 0.5) is 0 Å². The van der Waals surface area contributed by atoms with E-state index in [0.29, 0.717) is 23.8 Å². The molecule has 1 aliphatic carbocycles. The van der Waals surface area contributed by atoms with Crippen molar-refractivity contribution in [2.45, 2.75) is 69.7 Å². The highest BCUT2D eigenvalue weighted by molar-refractivity contribution is 6.30. The highest BCUT2D eigenvalue weighted by Gasteiger charge is 2.35. The third kappa shape index (κ3) is 7.15. The number of nitrogens with zero attached hydrogens (tertiary/aromatic N) is 3. The second kappa shape index (κ2) is 12.8. The molecule has 4 aliphatic rings. The first-order chi connectivity index (χ1) is 20.0. The van der Waals surface area contributed by atoms with Crippen molar-refractivity contribution >= 4 is 23.5 Å². The van der Waals surface area contributed by atoms with Crippen LogP contribution in [0.5, 0.6) is 0 Å². The largest absolute Gasteiger partial charge is 0.481 e. The Balaban J connectivity index is 1.07. The summed E-state index contributed by atoms with van der Waals surface area (Å²) in [5.41, 5.74) is 5.24. The molecule has 3 aliphatic heterocycles. The molecule has 3 saturated heterocycles.